The molecule has 0 bridgehead atoms. The van der Waals surface area contributed by atoms with Gasteiger partial charge in [0.2, 0.25) is 12.3 Å². The van der Waals surface area contributed by atoms with Gasteiger partial charge in [-0.15, -0.1) is 0 Å². The van der Waals surface area contributed by atoms with E-state index in [9.17, 15) is 14.4 Å². The number of rotatable bonds is 10. The molecule has 0 radical (unpaired) electrons. The van der Waals surface area contributed by atoms with E-state index in [4.69, 9.17) is 5.11 Å². The Morgan fingerprint density at radius 1 is 1.39 bits per heavy atom. The maximum absolute atomic E-state index is 11.6. The zero-order valence-corrected chi connectivity index (χ0v) is 11.5. The Labute approximate surface area is 111 Å². The third kappa shape index (κ3) is 6.48. The zero-order chi connectivity index (χ0) is 14.0. The summed E-state index contributed by atoms with van der Waals surface area (Å²) < 4.78 is 0. The minimum atomic E-state index is -1.06. The largest absolute Gasteiger partial charge is 0.480 e. The number of nitrogens with zero attached hydrogens (tertiary/aromatic N) is 1. The summed E-state index contributed by atoms with van der Waals surface area (Å²) in [6.45, 7) is 5.20. The summed E-state index contributed by atoms with van der Waals surface area (Å²) in [5, 5.41) is 11.0. The van der Waals surface area contributed by atoms with Gasteiger partial charge >= 0.3 is 5.97 Å². The molecular formula is C11H20N2O4S. The lowest BCUT2D eigenvalue weighted by molar-refractivity contribution is -0.140. The Morgan fingerprint density at radius 3 is 2.44 bits per heavy atom. The van der Waals surface area contributed by atoms with Crippen LogP contribution in [0.15, 0.2) is 0 Å². The third-order valence-corrected chi connectivity index (χ3v) is 3.44. The van der Waals surface area contributed by atoms with Gasteiger partial charge in [0.1, 0.15) is 6.04 Å². The van der Waals surface area contributed by atoms with E-state index in [1.54, 1.807) is 4.90 Å². The second kappa shape index (κ2) is 9.76. The van der Waals surface area contributed by atoms with Crippen LogP contribution >= 0.6 is 11.8 Å². The van der Waals surface area contributed by atoms with Gasteiger partial charge in [-0.3, -0.25) is 9.59 Å². The van der Waals surface area contributed by atoms with E-state index in [-0.39, 0.29) is 5.91 Å². The molecule has 0 aromatic rings. The topological polar surface area (TPSA) is 86.7 Å². The van der Waals surface area contributed by atoms with Crippen LogP contribution in [0.1, 0.15) is 20.3 Å². The number of thioether (sulfide) groups is 1. The standard InChI is InChI=1S/C11H20N2O4S/c1-3-13(4-2)10(15)7-18-6-5-9(11(16)17)12-8-14/h8-9H,3-7H2,1-2H3,(H,12,14)(H,16,17). The number of nitrogens with one attached hydrogen (secondary N) is 1. The molecule has 0 heterocycles. The highest BCUT2D eigenvalue weighted by Gasteiger charge is 2.16. The molecule has 0 aliphatic rings. The van der Waals surface area contributed by atoms with Crippen molar-refractivity contribution in [2.24, 2.45) is 0 Å². The summed E-state index contributed by atoms with van der Waals surface area (Å²) in [5.41, 5.74) is 0. The van der Waals surface area contributed by atoms with E-state index in [1.807, 2.05) is 13.8 Å². The van der Waals surface area contributed by atoms with E-state index in [0.717, 1.165) is 0 Å². The van der Waals surface area contributed by atoms with Gasteiger partial charge in [0, 0.05) is 13.1 Å². The predicted molar refractivity (Wildman–Crippen MR) is 70.5 cm³/mol. The fourth-order valence-corrected chi connectivity index (χ4v) is 2.29. The number of amides is 2. The van der Waals surface area contributed by atoms with Crippen LogP contribution in [0.25, 0.3) is 0 Å². The highest BCUT2D eigenvalue weighted by molar-refractivity contribution is 7.99. The molecule has 0 rings (SSSR count). The molecule has 0 aromatic heterocycles. The molecule has 6 nitrogen and oxygen atoms in total. The van der Waals surface area contributed by atoms with Gasteiger partial charge in [0.05, 0.1) is 5.75 Å². The van der Waals surface area contributed by atoms with Crippen molar-refractivity contribution in [2.45, 2.75) is 26.3 Å². The first kappa shape index (κ1) is 16.8. The Kier molecular flexibility index (Phi) is 9.08. The molecule has 0 spiro atoms. The molecule has 0 saturated carbocycles. The highest BCUT2D eigenvalue weighted by atomic mass is 32.2. The molecule has 0 aromatic carbocycles. The first-order valence-corrected chi connectivity index (χ1v) is 7.00. The highest BCUT2D eigenvalue weighted by Crippen LogP contribution is 2.07. The van der Waals surface area contributed by atoms with Crippen molar-refractivity contribution in [3.63, 3.8) is 0 Å². The zero-order valence-electron chi connectivity index (χ0n) is 10.7. The second-order valence-electron chi connectivity index (χ2n) is 3.58. The molecule has 1 unspecified atom stereocenters. The van der Waals surface area contributed by atoms with Crippen molar-refractivity contribution in [3.8, 4) is 0 Å². The van der Waals surface area contributed by atoms with Gasteiger partial charge in [-0.2, -0.15) is 11.8 Å². The first-order chi connectivity index (χ1) is 8.56. The van der Waals surface area contributed by atoms with Crippen LogP contribution in [0, 0.1) is 0 Å². The molecule has 1 atom stereocenters. The fraction of sp³-hybridized carbons (Fsp3) is 0.727. The lowest BCUT2D eigenvalue weighted by Crippen LogP contribution is -2.36. The van der Waals surface area contributed by atoms with Crippen LogP contribution in [-0.4, -0.2) is 58.9 Å². The molecule has 0 saturated heterocycles. The molecule has 104 valence electrons. The van der Waals surface area contributed by atoms with Gasteiger partial charge in [0.15, 0.2) is 0 Å². The summed E-state index contributed by atoms with van der Waals surface area (Å²) in [6.07, 6.45) is 0.689. The normalized spacial score (nSPS) is 11.7. The average Bonchev–Trinajstić information content (AvgIpc) is 2.34. The fourth-order valence-electron chi connectivity index (χ4n) is 1.39. The van der Waals surface area contributed by atoms with Gasteiger partial charge in [0.25, 0.3) is 0 Å². The van der Waals surface area contributed by atoms with Crippen LogP contribution < -0.4 is 5.32 Å². The molecule has 2 amide bonds. The summed E-state index contributed by atoms with van der Waals surface area (Å²) in [5.74, 6) is -0.141. The maximum atomic E-state index is 11.6. The molecule has 2 N–H and O–H groups in total. The van der Waals surface area contributed by atoms with Crippen molar-refractivity contribution in [1.29, 1.82) is 0 Å². The Hall–Kier alpha value is -1.24. The second-order valence-corrected chi connectivity index (χ2v) is 4.69. The van der Waals surface area contributed by atoms with E-state index in [2.05, 4.69) is 5.32 Å². The lowest BCUT2D eigenvalue weighted by Gasteiger charge is -2.18. The van der Waals surface area contributed by atoms with Crippen LogP contribution in [0.2, 0.25) is 0 Å². The molecule has 18 heavy (non-hydrogen) atoms. The van der Waals surface area contributed by atoms with E-state index < -0.39 is 12.0 Å². The van der Waals surface area contributed by atoms with Gasteiger partial charge in [-0.1, -0.05) is 0 Å². The Balaban J connectivity index is 3.87. The van der Waals surface area contributed by atoms with Crippen LogP contribution in [0.5, 0.6) is 0 Å². The molecular weight excluding hydrogens is 256 g/mol. The molecule has 0 aliphatic carbocycles. The lowest BCUT2D eigenvalue weighted by atomic mass is 10.2. The van der Waals surface area contributed by atoms with Gasteiger partial charge in [-0.25, -0.2) is 4.79 Å². The van der Waals surface area contributed by atoms with Crippen molar-refractivity contribution in [2.75, 3.05) is 24.6 Å². The average molecular weight is 276 g/mol. The van der Waals surface area contributed by atoms with Crippen molar-refractivity contribution in [3.05, 3.63) is 0 Å². The summed E-state index contributed by atoms with van der Waals surface area (Å²) in [6, 6.07) is -0.876. The Bertz CT molecular complexity index is 282. The minimum absolute atomic E-state index is 0.0558. The predicted octanol–water partition coefficient (Wildman–Crippen LogP) is 0.177. The van der Waals surface area contributed by atoms with Crippen molar-refractivity contribution in [1.82, 2.24) is 10.2 Å². The number of aliphatic carboxylic acids is 1. The SMILES string of the molecule is CCN(CC)C(=O)CSCCC(NC=O)C(=O)O. The first-order valence-electron chi connectivity index (χ1n) is 5.84. The number of carboxylic acids is 1. The summed E-state index contributed by atoms with van der Waals surface area (Å²) in [7, 11) is 0. The van der Waals surface area contributed by atoms with E-state index in [1.165, 1.54) is 11.8 Å². The van der Waals surface area contributed by atoms with Gasteiger partial charge < -0.3 is 15.3 Å². The van der Waals surface area contributed by atoms with Crippen LogP contribution in [0.4, 0.5) is 0 Å². The maximum Gasteiger partial charge on any atom is 0.326 e. The smallest absolute Gasteiger partial charge is 0.326 e. The number of carbonyl (C=O) groups excluding carboxylic acids is 2. The van der Waals surface area contributed by atoms with Crippen molar-refractivity contribution >= 4 is 30.0 Å². The molecule has 0 aliphatic heterocycles. The quantitative estimate of drug-likeness (QED) is 0.439. The number of hydrogen-bond acceptors (Lipinski definition) is 4. The third-order valence-electron chi connectivity index (χ3n) is 2.46. The number of carboxylic acid groups (broad SMARTS) is 1. The number of carbonyl (C=O) groups is 3. The van der Waals surface area contributed by atoms with E-state index >= 15 is 0 Å². The van der Waals surface area contributed by atoms with Crippen molar-refractivity contribution < 1.29 is 19.5 Å². The minimum Gasteiger partial charge on any atom is -0.480 e. The molecule has 7 heteroatoms. The molecule has 0 fully saturated rings. The monoisotopic (exact) mass is 276 g/mol. The summed E-state index contributed by atoms with van der Waals surface area (Å²) >= 11 is 1.38. The van der Waals surface area contributed by atoms with E-state index in [0.29, 0.717) is 37.4 Å². The van der Waals surface area contributed by atoms with Crippen LogP contribution in [-0.2, 0) is 14.4 Å². The van der Waals surface area contributed by atoms with Crippen LogP contribution in [0.3, 0.4) is 0 Å². The van der Waals surface area contributed by atoms with Gasteiger partial charge in [-0.05, 0) is 26.0 Å². The Morgan fingerprint density at radius 2 is 2.00 bits per heavy atom. The summed E-state index contributed by atoms with van der Waals surface area (Å²) in [4.78, 5) is 34.3. The number of hydrogen-bond donors (Lipinski definition) is 2.